The van der Waals surface area contributed by atoms with Crippen molar-refractivity contribution < 1.29 is 23.8 Å². The van der Waals surface area contributed by atoms with Crippen LogP contribution < -0.4 is 14.2 Å². The maximum absolute atomic E-state index is 12.9. The van der Waals surface area contributed by atoms with Gasteiger partial charge < -0.3 is 14.2 Å². The minimum absolute atomic E-state index is 0.124. The van der Waals surface area contributed by atoms with E-state index in [1.807, 2.05) is 6.92 Å². The van der Waals surface area contributed by atoms with Crippen molar-refractivity contribution >= 4 is 79.7 Å². The Morgan fingerprint density at radius 2 is 1.68 bits per heavy atom. The number of nitrogens with zero attached hydrogens (tertiary/aromatic N) is 1. The van der Waals surface area contributed by atoms with E-state index in [0.29, 0.717) is 53.9 Å². The number of thioether (sulfide) groups is 1. The van der Waals surface area contributed by atoms with Crippen molar-refractivity contribution in [2.24, 2.45) is 0 Å². The van der Waals surface area contributed by atoms with Crippen LogP contribution in [0.25, 0.3) is 6.08 Å². The van der Waals surface area contributed by atoms with Gasteiger partial charge in [-0.05, 0) is 94.8 Å². The number of hydrogen-bond acceptors (Lipinski definition) is 6. The van der Waals surface area contributed by atoms with Gasteiger partial charge >= 0.3 is 0 Å². The monoisotopic (exact) mass is 655 g/mol. The molecule has 11 heteroatoms. The van der Waals surface area contributed by atoms with Gasteiger partial charge in [0, 0.05) is 20.6 Å². The molecule has 3 aromatic carbocycles. The van der Waals surface area contributed by atoms with E-state index in [1.54, 1.807) is 60.7 Å². The number of carbonyl (C=O) groups excluding carboxylic acids is 2. The Balaban J connectivity index is 1.46. The predicted molar refractivity (Wildman–Crippen MR) is 156 cm³/mol. The summed E-state index contributed by atoms with van der Waals surface area (Å²) in [6.45, 7) is 2.75. The van der Waals surface area contributed by atoms with Crippen molar-refractivity contribution in [2.75, 3.05) is 19.8 Å². The largest absolute Gasteiger partial charge is 0.492 e. The minimum Gasteiger partial charge on any atom is -0.492 e. The highest BCUT2D eigenvalue weighted by Crippen LogP contribution is 2.40. The second kappa shape index (κ2) is 13.1. The summed E-state index contributed by atoms with van der Waals surface area (Å²) in [7, 11) is 0. The van der Waals surface area contributed by atoms with E-state index in [0.717, 1.165) is 22.2 Å². The molecule has 0 radical (unpaired) electrons. The summed E-state index contributed by atoms with van der Waals surface area (Å²) >= 11 is 22.5. The van der Waals surface area contributed by atoms with Crippen molar-refractivity contribution in [2.45, 2.75) is 13.5 Å². The number of amides is 2. The van der Waals surface area contributed by atoms with Crippen LogP contribution in [0.15, 0.2) is 64.0 Å². The number of hydrogen-bond donors (Lipinski definition) is 0. The molecule has 1 saturated heterocycles. The highest BCUT2D eigenvalue weighted by molar-refractivity contribution is 9.10. The highest BCUT2D eigenvalue weighted by atomic mass is 79.9. The van der Waals surface area contributed by atoms with Crippen molar-refractivity contribution in [1.82, 2.24) is 4.90 Å². The summed E-state index contributed by atoms with van der Waals surface area (Å²) < 4.78 is 18.1. The zero-order chi connectivity index (χ0) is 27.2. The molecule has 198 valence electrons. The fourth-order valence-corrected chi connectivity index (χ4v) is 5.52. The van der Waals surface area contributed by atoms with Crippen LogP contribution in [0.2, 0.25) is 15.1 Å². The molecule has 2 amide bonds. The smallest absolute Gasteiger partial charge is 0.293 e. The van der Waals surface area contributed by atoms with Crippen LogP contribution in [0.3, 0.4) is 0 Å². The Labute approximate surface area is 247 Å². The van der Waals surface area contributed by atoms with E-state index in [4.69, 9.17) is 49.0 Å². The Kier molecular flexibility index (Phi) is 9.90. The van der Waals surface area contributed by atoms with E-state index in [2.05, 4.69) is 15.9 Å². The van der Waals surface area contributed by atoms with Gasteiger partial charge in [-0.15, -0.1) is 0 Å². The van der Waals surface area contributed by atoms with E-state index in [9.17, 15) is 9.59 Å². The first kappa shape index (κ1) is 28.6. The summed E-state index contributed by atoms with van der Waals surface area (Å²) in [5.41, 5.74) is 1.43. The molecule has 1 aliphatic rings. The first-order chi connectivity index (χ1) is 18.2. The lowest BCUT2D eigenvalue weighted by Crippen LogP contribution is -2.32. The summed E-state index contributed by atoms with van der Waals surface area (Å²) in [4.78, 5) is 26.9. The first-order valence-corrected chi connectivity index (χ1v) is 14.2. The van der Waals surface area contributed by atoms with E-state index >= 15 is 0 Å². The SMILES string of the molecule is CCOc1cc(/C=C2\SC(=O)N(CCOc3ccc(Cl)cc3)C2=O)cc(Br)c1OCc1ccc(Cl)cc1Cl. The third kappa shape index (κ3) is 7.18. The van der Waals surface area contributed by atoms with Crippen LogP contribution in [0, 0.1) is 0 Å². The number of ether oxygens (including phenoxy) is 3. The number of halogens is 4. The van der Waals surface area contributed by atoms with Crippen LogP contribution in [-0.4, -0.2) is 35.8 Å². The van der Waals surface area contributed by atoms with Gasteiger partial charge in [-0.3, -0.25) is 14.5 Å². The summed E-state index contributed by atoms with van der Waals surface area (Å²) in [5, 5.41) is 1.28. The second-order valence-electron chi connectivity index (χ2n) is 7.92. The number of imide groups is 1. The highest BCUT2D eigenvalue weighted by Gasteiger charge is 2.35. The van der Waals surface area contributed by atoms with Gasteiger partial charge in [-0.1, -0.05) is 40.9 Å². The maximum atomic E-state index is 12.9. The standard InChI is InChI=1S/C27H21BrCl3NO5S/c1-2-35-23-12-16(11-21(28)25(23)37-15-17-3-4-19(30)14-22(17)31)13-24-26(33)32(27(34)38-24)9-10-36-20-7-5-18(29)6-8-20/h3-8,11-14H,2,9-10,15H2,1H3/b24-13-. The molecular formula is C27H21BrCl3NO5S. The third-order valence-corrected chi connectivity index (χ3v) is 7.62. The van der Waals surface area contributed by atoms with Gasteiger partial charge in [0.05, 0.1) is 22.5 Å². The minimum atomic E-state index is -0.383. The number of carbonyl (C=O) groups is 2. The molecule has 3 aromatic rings. The van der Waals surface area contributed by atoms with Gasteiger partial charge in [0.1, 0.15) is 19.0 Å². The normalized spacial score (nSPS) is 14.3. The molecule has 0 saturated carbocycles. The molecule has 1 aliphatic heterocycles. The quantitative estimate of drug-likeness (QED) is 0.204. The van der Waals surface area contributed by atoms with Gasteiger partial charge in [0.2, 0.25) is 0 Å². The molecule has 1 fully saturated rings. The van der Waals surface area contributed by atoms with Gasteiger partial charge in [0.15, 0.2) is 11.5 Å². The molecule has 1 heterocycles. The number of rotatable bonds is 10. The Morgan fingerprint density at radius 3 is 2.39 bits per heavy atom. The van der Waals surface area contributed by atoms with Gasteiger partial charge in [-0.2, -0.15) is 0 Å². The lowest BCUT2D eigenvalue weighted by atomic mass is 10.1. The molecule has 0 atom stereocenters. The van der Waals surface area contributed by atoms with Crippen LogP contribution >= 0.6 is 62.5 Å². The van der Waals surface area contributed by atoms with Gasteiger partial charge in [0.25, 0.3) is 11.1 Å². The Hall–Kier alpha value is -2.36. The molecule has 0 spiro atoms. The van der Waals surface area contributed by atoms with E-state index in [-0.39, 0.29) is 30.9 Å². The van der Waals surface area contributed by atoms with Crippen molar-refractivity contribution in [3.05, 3.63) is 90.2 Å². The molecular weight excluding hydrogens is 637 g/mol. The average Bonchev–Trinajstić information content (AvgIpc) is 3.13. The van der Waals surface area contributed by atoms with E-state index < -0.39 is 0 Å². The lowest BCUT2D eigenvalue weighted by Gasteiger charge is -2.15. The van der Waals surface area contributed by atoms with Gasteiger partial charge in [-0.25, -0.2) is 0 Å². The Bertz CT molecular complexity index is 1380. The fraction of sp³-hybridized carbons (Fsp3) is 0.185. The van der Waals surface area contributed by atoms with E-state index in [1.165, 1.54) is 0 Å². The van der Waals surface area contributed by atoms with Crippen LogP contribution in [0.1, 0.15) is 18.1 Å². The average molecular weight is 658 g/mol. The zero-order valence-electron chi connectivity index (χ0n) is 20.0. The lowest BCUT2D eigenvalue weighted by molar-refractivity contribution is -0.123. The molecule has 4 rings (SSSR count). The van der Waals surface area contributed by atoms with Crippen LogP contribution in [0.4, 0.5) is 4.79 Å². The van der Waals surface area contributed by atoms with Crippen molar-refractivity contribution in [3.8, 4) is 17.2 Å². The summed E-state index contributed by atoms with van der Waals surface area (Å²) in [6, 6.07) is 15.6. The Morgan fingerprint density at radius 1 is 0.947 bits per heavy atom. The second-order valence-corrected chi connectivity index (χ2v) is 11.1. The molecule has 0 aromatic heterocycles. The topological polar surface area (TPSA) is 65.1 Å². The molecule has 0 bridgehead atoms. The molecule has 0 unspecified atom stereocenters. The van der Waals surface area contributed by atoms with Crippen molar-refractivity contribution in [3.63, 3.8) is 0 Å². The summed E-state index contributed by atoms with van der Waals surface area (Å²) in [5.74, 6) is 1.19. The molecule has 0 N–H and O–H groups in total. The third-order valence-electron chi connectivity index (χ3n) is 5.29. The van der Waals surface area contributed by atoms with Crippen LogP contribution in [-0.2, 0) is 11.4 Å². The number of benzene rings is 3. The maximum Gasteiger partial charge on any atom is 0.293 e. The summed E-state index contributed by atoms with van der Waals surface area (Å²) in [6.07, 6.45) is 1.65. The predicted octanol–water partition coefficient (Wildman–Crippen LogP) is 8.50. The molecule has 6 nitrogen and oxygen atoms in total. The molecule has 38 heavy (non-hydrogen) atoms. The fourth-order valence-electron chi connectivity index (χ4n) is 3.49. The van der Waals surface area contributed by atoms with Crippen LogP contribution in [0.5, 0.6) is 17.2 Å². The zero-order valence-corrected chi connectivity index (χ0v) is 24.7. The first-order valence-electron chi connectivity index (χ1n) is 11.4. The van der Waals surface area contributed by atoms with Crippen molar-refractivity contribution in [1.29, 1.82) is 0 Å². The molecule has 0 aliphatic carbocycles.